The van der Waals surface area contributed by atoms with Crippen molar-refractivity contribution in [3.8, 4) is 6.07 Å². The summed E-state index contributed by atoms with van der Waals surface area (Å²) in [5.41, 5.74) is 7.82. The number of nitrogens with two attached hydrogens (primary N) is 1. The number of nitrogens with zero attached hydrogens (tertiary/aromatic N) is 2. The monoisotopic (exact) mass is 231 g/mol. The van der Waals surface area contributed by atoms with E-state index < -0.39 is 0 Å². The normalized spacial score (nSPS) is 10.0. The lowest BCUT2D eigenvalue weighted by Gasteiger charge is -2.07. The highest BCUT2D eigenvalue weighted by molar-refractivity contribution is 6.31. The smallest absolute Gasteiger partial charge is 0.120 e. The predicted octanol–water partition coefficient (Wildman–Crippen LogP) is 2.64. The summed E-state index contributed by atoms with van der Waals surface area (Å²) in [6.07, 6.45) is 1.85. The van der Waals surface area contributed by atoms with Crippen molar-refractivity contribution in [3.63, 3.8) is 0 Å². The summed E-state index contributed by atoms with van der Waals surface area (Å²) in [7, 11) is 0. The number of anilines is 1. The van der Waals surface area contributed by atoms with E-state index in [1.54, 1.807) is 18.2 Å². The van der Waals surface area contributed by atoms with Gasteiger partial charge in [-0.3, -0.25) is 0 Å². The standard InChI is InChI=1S/C12H10ClN3/c13-12-6-10(15)4-3-9(12)8-16-5-1-2-11(16)7-14/h1-6H,8,15H2. The lowest BCUT2D eigenvalue weighted by atomic mass is 10.2. The van der Waals surface area contributed by atoms with Gasteiger partial charge in [-0.15, -0.1) is 0 Å². The Kier molecular flexibility index (Phi) is 2.84. The van der Waals surface area contributed by atoms with Crippen LogP contribution in [0.4, 0.5) is 5.69 Å². The molecule has 80 valence electrons. The quantitative estimate of drug-likeness (QED) is 0.808. The Labute approximate surface area is 98.7 Å². The van der Waals surface area contributed by atoms with Crippen LogP contribution in [0.2, 0.25) is 5.02 Å². The van der Waals surface area contributed by atoms with E-state index in [0.29, 0.717) is 22.9 Å². The molecule has 3 nitrogen and oxygen atoms in total. The van der Waals surface area contributed by atoms with E-state index in [9.17, 15) is 0 Å². The Morgan fingerprint density at radius 1 is 1.38 bits per heavy atom. The van der Waals surface area contributed by atoms with Crippen molar-refractivity contribution in [2.45, 2.75) is 6.54 Å². The number of hydrogen-bond donors (Lipinski definition) is 1. The maximum absolute atomic E-state index is 8.87. The first-order valence-corrected chi connectivity index (χ1v) is 5.17. The van der Waals surface area contributed by atoms with Crippen molar-refractivity contribution in [2.24, 2.45) is 0 Å². The van der Waals surface area contributed by atoms with Gasteiger partial charge in [0.05, 0.1) is 0 Å². The first-order valence-electron chi connectivity index (χ1n) is 4.80. The van der Waals surface area contributed by atoms with Gasteiger partial charge in [-0.05, 0) is 29.8 Å². The highest BCUT2D eigenvalue weighted by atomic mass is 35.5. The Bertz CT molecular complexity index is 552. The minimum atomic E-state index is 0.578. The molecule has 0 radical (unpaired) electrons. The topological polar surface area (TPSA) is 54.7 Å². The van der Waals surface area contributed by atoms with Crippen LogP contribution in [0.3, 0.4) is 0 Å². The summed E-state index contributed by atoms with van der Waals surface area (Å²) in [6, 6.07) is 11.1. The van der Waals surface area contributed by atoms with Crippen LogP contribution in [0.1, 0.15) is 11.3 Å². The fourth-order valence-corrected chi connectivity index (χ4v) is 1.78. The van der Waals surface area contributed by atoms with Crippen LogP contribution >= 0.6 is 11.6 Å². The molecule has 0 unspecified atom stereocenters. The molecule has 0 spiro atoms. The Morgan fingerprint density at radius 3 is 2.88 bits per heavy atom. The van der Waals surface area contributed by atoms with Gasteiger partial charge in [0.2, 0.25) is 0 Å². The zero-order valence-electron chi connectivity index (χ0n) is 8.52. The van der Waals surface area contributed by atoms with Crippen molar-refractivity contribution in [1.82, 2.24) is 4.57 Å². The Balaban J connectivity index is 2.31. The third-order valence-electron chi connectivity index (χ3n) is 2.36. The predicted molar refractivity (Wildman–Crippen MR) is 64.1 cm³/mol. The third-order valence-corrected chi connectivity index (χ3v) is 2.71. The lowest BCUT2D eigenvalue weighted by molar-refractivity contribution is 0.794. The first-order chi connectivity index (χ1) is 7.70. The molecule has 16 heavy (non-hydrogen) atoms. The molecular formula is C12H10ClN3. The molecule has 4 heteroatoms. The minimum Gasteiger partial charge on any atom is -0.399 e. The zero-order chi connectivity index (χ0) is 11.5. The van der Waals surface area contributed by atoms with Crippen LogP contribution in [0.5, 0.6) is 0 Å². The van der Waals surface area contributed by atoms with E-state index in [1.807, 2.05) is 22.9 Å². The molecule has 0 saturated heterocycles. The van der Waals surface area contributed by atoms with Crippen LogP contribution in [0, 0.1) is 11.3 Å². The zero-order valence-corrected chi connectivity index (χ0v) is 9.28. The Hall–Kier alpha value is -1.92. The molecule has 2 N–H and O–H groups in total. The SMILES string of the molecule is N#Cc1cccn1Cc1ccc(N)cc1Cl. The summed E-state index contributed by atoms with van der Waals surface area (Å²) in [6.45, 7) is 0.578. The maximum Gasteiger partial charge on any atom is 0.120 e. The minimum absolute atomic E-state index is 0.578. The largest absolute Gasteiger partial charge is 0.399 e. The summed E-state index contributed by atoms with van der Waals surface area (Å²) >= 11 is 6.07. The Morgan fingerprint density at radius 2 is 2.19 bits per heavy atom. The molecule has 0 aliphatic carbocycles. The molecule has 0 saturated carbocycles. The van der Waals surface area contributed by atoms with Gasteiger partial charge in [-0.1, -0.05) is 17.7 Å². The number of rotatable bonds is 2. The lowest BCUT2D eigenvalue weighted by Crippen LogP contribution is -2.01. The number of benzene rings is 1. The third kappa shape index (κ3) is 2.02. The van der Waals surface area contributed by atoms with Gasteiger partial charge in [-0.2, -0.15) is 5.26 Å². The van der Waals surface area contributed by atoms with Gasteiger partial charge in [0.25, 0.3) is 0 Å². The summed E-state index contributed by atoms with van der Waals surface area (Å²) in [5.74, 6) is 0. The molecular weight excluding hydrogens is 222 g/mol. The molecule has 0 aliphatic rings. The molecule has 0 amide bonds. The summed E-state index contributed by atoms with van der Waals surface area (Å²) in [4.78, 5) is 0. The molecule has 0 bridgehead atoms. The van der Waals surface area contributed by atoms with Crippen molar-refractivity contribution in [3.05, 3.63) is 52.8 Å². The van der Waals surface area contributed by atoms with Crippen molar-refractivity contribution < 1.29 is 0 Å². The van der Waals surface area contributed by atoms with E-state index in [1.165, 1.54) is 0 Å². The summed E-state index contributed by atoms with van der Waals surface area (Å²) < 4.78 is 1.84. The molecule has 0 atom stereocenters. The van der Waals surface area contributed by atoms with Gasteiger partial charge in [0.1, 0.15) is 11.8 Å². The fourth-order valence-electron chi connectivity index (χ4n) is 1.53. The molecule has 1 aromatic carbocycles. The van der Waals surface area contributed by atoms with Crippen LogP contribution < -0.4 is 5.73 Å². The van der Waals surface area contributed by atoms with E-state index in [-0.39, 0.29) is 0 Å². The van der Waals surface area contributed by atoms with Gasteiger partial charge in [0.15, 0.2) is 0 Å². The van der Waals surface area contributed by atoms with Crippen molar-refractivity contribution >= 4 is 17.3 Å². The number of aromatic nitrogens is 1. The first kappa shape index (κ1) is 10.6. The second-order valence-corrected chi connectivity index (χ2v) is 3.89. The molecule has 1 heterocycles. The van der Waals surface area contributed by atoms with Crippen LogP contribution in [-0.2, 0) is 6.54 Å². The van der Waals surface area contributed by atoms with Crippen LogP contribution in [0.15, 0.2) is 36.5 Å². The van der Waals surface area contributed by atoms with E-state index in [2.05, 4.69) is 6.07 Å². The fraction of sp³-hybridized carbons (Fsp3) is 0.0833. The van der Waals surface area contributed by atoms with Gasteiger partial charge in [0, 0.05) is 23.5 Å². The number of halogens is 1. The van der Waals surface area contributed by atoms with E-state index in [4.69, 9.17) is 22.6 Å². The molecule has 2 rings (SSSR count). The highest BCUT2D eigenvalue weighted by Gasteiger charge is 2.04. The van der Waals surface area contributed by atoms with Crippen molar-refractivity contribution in [1.29, 1.82) is 5.26 Å². The van der Waals surface area contributed by atoms with E-state index in [0.717, 1.165) is 5.56 Å². The van der Waals surface area contributed by atoms with Crippen LogP contribution in [0.25, 0.3) is 0 Å². The van der Waals surface area contributed by atoms with Crippen LogP contribution in [-0.4, -0.2) is 4.57 Å². The highest BCUT2D eigenvalue weighted by Crippen LogP contribution is 2.20. The number of nitrogen functional groups attached to an aromatic ring is 1. The molecule has 0 aliphatic heterocycles. The van der Waals surface area contributed by atoms with Gasteiger partial charge < -0.3 is 10.3 Å². The molecule has 0 fully saturated rings. The molecule has 2 aromatic rings. The average molecular weight is 232 g/mol. The van der Waals surface area contributed by atoms with E-state index >= 15 is 0 Å². The number of nitriles is 1. The number of hydrogen-bond acceptors (Lipinski definition) is 2. The van der Waals surface area contributed by atoms with Gasteiger partial charge >= 0.3 is 0 Å². The second-order valence-electron chi connectivity index (χ2n) is 3.48. The van der Waals surface area contributed by atoms with Crippen molar-refractivity contribution in [2.75, 3.05) is 5.73 Å². The average Bonchev–Trinajstić information content (AvgIpc) is 2.69. The second kappa shape index (κ2) is 4.30. The van der Waals surface area contributed by atoms with Gasteiger partial charge in [-0.25, -0.2) is 0 Å². The molecule has 1 aromatic heterocycles. The maximum atomic E-state index is 8.87. The summed E-state index contributed by atoms with van der Waals surface area (Å²) in [5, 5.41) is 9.50.